The minimum atomic E-state index is 0.0377. The lowest BCUT2D eigenvalue weighted by Gasteiger charge is -2.28. The number of nitrogens with one attached hydrogen (secondary N) is 1. The SMILES string of the molecule is CC(NC(=O)CSc1nc2ccccc2c(=O)n1C1CCCCC1)C1CC2CCC1C2. The number of aromatic nitrogens is 2. The number of hydrogen-bond acceptors (Lipinski definition) is 4. The van der Waals surface area contributed by atoms with E-state index in [2.05, 4.69) is 12.2 Å². The number of carbonyl (C=O) groups is 1. The summed E-state index contributed by atoms with van der Waals surface area (Å²) in [5.74, 6) is 2.68. The topological polar surface area (TPSA) is 64.0 Å². The Bertz CT molecular complexity index is 1010. The van der Waals surface area contributed by atoms with Crippen molar-refractivity contribution in [2.45, 2.75) is 82.0 Å². The summed E-state index contributed by atoms with van der Waals surface area (Å²) in [4.78, 5) is 30.9. The zero-order valence-electron chi connectivity index (χ0n) is 18.4. The molecule has 3 aliphatic rings. The van der Waals surface area contributed by atoms with Crippen molar-refractivity contribution in [3.05, 3.63) is 34.6 Å². The van der Waals surface area contributed by atoms with E-state index in [-0.39, 0.29) is 23.6 Å². The molecule has 1 amide bonds. The molecule has 2 bridgehead atoms. The highest BCUT2D eigenvalue weighted by atomic mass is 32.2. The van der Waals surface area contributed by atoms with Crippen molar-refractivity contribution in [2.24, 2.45) is 17.8 Å². The van der Waals surface area contributed by atoms with E-state index in [0.717, 1.165) is 43.0 Å². The number of para-hydroxylation sites is 1. The van der Waals surface area contributed by atoms with E-state index in [0.29, 0.717) is 22.2 Å². The van der Waals surface area contributed by atoms with Crippen LogP contribution in [0.25, 0.3) is 10.9 Å². The smallest absolute Gasteiger partial charge is 0.262 e. The molecule has 3 aliphatic carbocycles. The van der Waals surface area contributed by atoms with Gasteiger partial charge in [0.1, 0.15) is 0 Å². The molecule has 31 heavy (non-hydrogen) atoms. The van der Waals surface area contributed by atoms with Gasteiger partial charge in [-0.25, -0.2) is 4.98 Å². The monoisotopic (exact) mass is 439 g/mol. The molecule has 2 aromatic rings. The summed E-state index contributed by atoms with van der Waals surface area (Å²) in [5.41, 5.74) is 0.758. The van der Waals surface area contributed by atoms with Crippen molar-refractivity contribution in [1.29, 1.82) is 0 Å². The number of fused-ring (bicyclic) bond motifs is 3. The van der Waals surface area contributed by atoms with Crippen molar-refractivity contribution in [1.82, 2.24) is 14.9 Å². The van der Waals surface area contributed by atoms with Gasteiger partial charge in [-0.15, -0.1) is 0 Å². The van der Waals surface area contributed by atoms with Gasteiger partial charge in [-0.1, -0.05) is 49.6 Å². The minimum Gasteiger partial charge on any atom is -0.353 e. The van der Waals surface area contributed by atoms with Gasteiger partial charge in [0.05, 0.1) is 16.7 Å². The van der Waals surface area contributed by atoms with E-state index < -0.39 is 0 Å². The Morgan fingerprint density at radius 3 is 2.71 bits per heavy atom. The Morgan fingerprint density at radius 1 is 1.16 bits per heavy atom. The van der Waals surface area contributed by atoms with Crippen LogP contribution >= 0.6 is 11.8 Å². The molecule has 1 N–H and O–H groups in total. The zero-order valence-corrected chi connectivity index (χ0v) is 19.2. The Kier molecular flexibility index (Phi) is 6.09. The maximum Gasteiger partial charge on any atom is 0.262 e. The van der Waals surface area contributed by atoms with Crippen LogP contribution < -0.4 is 10.9 Å². The molecule has 5 rings (SSSR count). The van der Waals surface area contributed by atoms with E-state index in [1.807, 2.05) is 28.8 Å². The van der Waals surface area contributed by atoms with Crippen LogP contribution in [0.3, 0.4) is 0 Å². The highest BCUT2D eigenvalue weighted by Crippen LogP contribution is 2.49. The van der Waals surface area contributed by atoms with Crippen molar-refractivity contribution in [3.8, 4) is 0 Å². The first kappa shape index (κ1) is 21.0. The lowest BCUT2D eigenvalue weighted by Crippen LogP contribution is -2.41. The predicted octanol–water partition coefficient (Wildman–Crippen LogP) is 4.93. The third kappa shape index (κ3) is 4.28. The second kappa shape index (κ2) is 8.97. The summed E-state index contributed by atoms with van der Waals surface area (Å²) in [6, 6.07) is 7.99. The van der Waals surface area contributed by atoms with E-state index >= 15 is 0 Å². The van der Waals surface area contributed by atoms with Crippen LogP contribution in [-0.4, -0.2) is 27.3 Å². The molecule has 1 aromatic carbocycles. The molecule has 6 heteroatoms. The number of carbonyl (C=O) groups excluding carboxylic acids is 1. The van der Waals surface area contributed by atoms with Crippen LogP contribution in [0.1, 0.15) is 70.8 Å². The van der Waals surface area contributed by atoms with Crippen molar-refractivity contribution in [2.75, 3.05) is 5.75 Å². The maximum absolute atomic E-state index is 13.3. The molecule has 166 valence electrons. The summed E-state index contributed by atoms with van der Waals surface area (Å²) in [6.07, 6.45) is 10.9. The molecule has 5 nitrogen and oxygen atoms in total. The van der Waals surface area contributed by atoms with Gasteiger partial charge < -0.3 is 5.32 Å². The van der Waals surface area contributed by atoms with Crippen LogP contribution in [0.5, 0.6) is 0 Å². The van der Waals surface area contributed by atoms with Gasteiger partial charge in [-0.3, -0.25) is 14.2 Å². The lowest BCUT2D eigenvalue weighted by molar-refractivity contribution is -0.119. The van der Waals surface area contributed by atoms with E-state index in [4.69, 9.17) is 4.98 Å². The third-order valence-electron chi connectivity index (χ3n) is 7.87. The standard InChI is InChI=1S/C25H33N3O2S/c1-16(21-14-17-11-12-18(21)13-17)26-23(29)15-31-25-27-22-10-6-5-9-20(22)24(30)28(25)19-7-3-2-4-8-19/h5-6,9-10,16-19,21H,2-4,7-8,11-15H2,1H3,(H,26,29). The first-order chi connectivity index (χ1) is 15.1. The van der Waals surface area contributed by atoms with Crippen LogP contribution in [0.15, 0.2) is 34.2 Å². The Labute approximate surface area is 188 Å². The molecule has 0 spiro atoms. The van der Waals surface area contributed by atoms with E-state index in [9.17, 15) is 9.59 Å². The zero-order chi connectivity index (χ0) is 21.4. The second-order valence-electron chi connectivity index (χ2n) is 9.86. The number of thioether (sulfide) groups is 1. The molecular weight excluding hydrogens is 406 g/mol. The summed E-state index contributed by atoms with van der Waals surface area (Å²) in [6.45, 7) is 2.17. The predicted molar refractivity (Wildman–Crippen MR) is 125 cm³/mol. The highest BCUT2D eigenvalue weighted by Gasteiger charge is 2.42. The van der Waals surface area contributed by atoms with Crippen LogP contribution in [0.4, 0.5) is 0 Å². The van der Waals surface area contributed by atoms with Crippen LogP contribution in [0, 0.1) is 17.8 Å². The second-order valence-corrected chi connectivity index (χ2v) is 10.8. The maximum atomic E-state index is 13.3. The molecule has 1 aromatic heterocycles. The fourth-order valence-electron chi connectivity index (χ4n) is 6.33. The van der Waals surface area contributed by atoms with Gasteiger partial charge >= 0.3 is 0 Å². The van der Waals surface area contributed by atoms with Crippen molar-refractivity contribution >= 4 is 28.6 Å². The Balaban J connectivity index is 1.32. The van der Waals surface area contributed by atoms with Gasteiger partial charge in [0.2, 0.25) is 5.91 Å². The number of benzene rings is 1. The normalized spacial score (nSPS) is 26.9. The lowest BCUT2D eigenvalue weighted by atomic mass is 9.84. The summed E-state index contributed by atoms with van der Waals surface area (Å²) in [7, 11) is 0. The minimum absolute atomic E-state index is 0.0377. The van der Waals surface area contributed by atoms with Crippen molar-refractivity contribution in [3.63, 3.8) is 0 Å². The van der Waals surface area contributed by atoms with Crippen LogP contribution in [0.2, 0.25) is 0 Å². The number of hydrogen-bond donors (Lipinski definition) is 1. The fourth-order valence-corrected chi connectivity index (χ4v) is 7.21. The molecular formula is C25H33N3O2S. The Morgan fingerprint density at radius 2 is 1.97 bits per heavy atom. The largest absolute Gasteiger partial charge is 0.353 e. The van der Waals surface area contributed by atoms with Crippen LogP contribution in [-0.2, 0) is 4.79 Å². The van der Waals surface area contributed by atoms with Gasteiger partial charge in [0.15, 0.2) is 5.16 Å². The first-order valence-electron chi connectivity index (χ1n) is 12.0. The quantitative estimate of drug-likeness (QED) is 0.512. The van der Waals surface area contributed by atoms with Gasteiger partial charge in [0.25, 0.3) is 5.56 Å². The van der Waals surface area contributed by atoms with Gasteiger partial charge in [0, 0.05) is 12.1 Å². The Hall–Kier alpha value is -1.82. The molecule has 0 aliphatic heterocycles. The van der Waals surface area contributed by atoms with Gasteiger partial charge in [-0.05, 0) is 68.9 Å². The third-order valence-corrected chi connectivity index (χ3v) is 8.82. The molecule has 0 radical (unpaired) electrons. The highest BCUT2D eigenvalue weighted by molar-refractivity contribution is 7.99. The summed E-state index contributed by atoms with van der Waals surface area (Å²) in [5, 5.41) is 4.62. The summed E-state index contributed by atoms with van der Waals surface area (Å²) < 4.78 is 1.89. The first-order valence-corrected chi connectivity index (χ1v) is 13.0. The number of amides is 1. The molecule has 4 unspecified atom stereocenters. The molecule has 0 saturated heterocycles. The fraction of sp³-hybridized carbons (Fsp3) is 0.640. The molecule has 3 saturated carbocycles. The van der Waals surface area contributed by atoms with Crippen molar-refractivity contribution < 1.29 is 4.79 Å². The summed E-state index contributed by atoms with van der Waals surface area (Å²) >= 11 is 1.42. The molecule has 3 fully saturated rings. The van der Waals surface area contributed by atoms with E-state index in [1.54, 1.807) is 0 Å². The average Bonchev–Trinajstić information content (AvgIpc) is 3.42. The number of nitrogens with zero attached hydrogens (tertiary/aromatic N) is 2. The number of rotatable bonds is 6. The molecule has 1 heterocycles. The van der Waals surface area contributed by atoms with Gasteiger partial charge in [-0.2, -0.15) is 0 Å². The molecule has 4 atom stereocenters. The van der Waals surface area contributed by atoms with E-state index in [1.165, 1.54) is 43.9 Å². The average molecular weight is 440 g/mol.